The fourth-order valence-electron chi connectivity index (χ4n) is 2.31. The largest absolute Gasteiger partial charge is 0.501 e. The van der Waals surface area contributed by atoms with Crippen molar-refractivity contribution >= 4 is 25.4 Å². The Morgan fingerprint density at radius 2 is 1.76 bits per heavy atom. The van der Waals surface area contributed by atoms with Crippen LogP contribution in [-0.2, 0) is 19.7 Å². The SMILES string of the molecule is O=S1(=O)CCN(CCNc2ccc(F)cc2S(=O)(=O)C(F)(F)F)CC1. The monoisotopic (exact) mass is 404 g/mol. The first-order valence-electron chi connectivity index (χ1n) is 7.20. The Morgan fingerprint density at radius 3 is 2.32 bits per heavy atom. The first kappa shape index (κ1) is 19.9. The van der Waals surface area contributed by atoms with Gasteiger partial charge in [0.15, 0.2) is 9.84 Å². The van der Waals surface area contributed by atoms with Gasteiger partial charge in [-0.2, -0.15) is 13.2 Å². The molecule has 25 heavy (non-hydrogen) atoms. The molecule has 0 bridgehead atoms. The van der Waals surface area contributed by atoms with E-state index in [9.17, 15) is 34.4 Å². The van der Waals surface area contributed by atoms with Crippen LogP contribution >= 0.6 is 0 Å². The molecule has 1 aliphatic rings. The normalized spacial score (nSPS) is 18.9. The van der Waals surface area contributed by atoms with Gasteiger partial charge in [-0.15, -0.1) is 0 Å². The van der Waals surface area contributed by atoms with Crippen LogP contribution in [0.4, 0.5) is 23.2 Å². The van der Waals surface area contributed by atoms with Crippen LogP contribution in [0.25, 0.3) is 0 Å². The molecule has 0 spiro atoms. The molecule has 2 rings (SSSR count). The highest BCUT2D eigenvalue weighted by Crippen LogP contribution is 2.34. The number of anilines is 1. The fourth-order valence-corrected chi connectivity index (χ4v) is 4.54. The average Bonchev–Trinajstić information content (AvgIpc) is 2.49. The Morgan fingerprint density at radius 1 is 1.16 bits per heavy atom. The van der Waals surface area contributed by atoms with Gasteiger partial charge in [-0.1, -0.05) is 0 Å². The number of hydrogen-bond acceptors (Lipinski definition) is 6. The molecule has 1 aliphatic heterocycles. The average molecular weight is 404 g/mol. The molecule has 12 heteroatoms. The number of halogens is 4. The van der Waals surface area contributed by atoms with Gasteiger partial charge in [-0.05, 0) is 18.2 Å². The van der Waals surface area contributed by atoms with E-state index in [1.54, 1.807) is 4.90 Å². The summed E-state index contributed by atoms with van der Waals surface area (Å²) < 4.78 is 97.1. The van der Waals surface area contributed by atoms with Gasteiger partial charge in [0.1, 0.15) is 10.7 Å². The minimum absolute atomic E-state index is 0.00273. The fraction of sp³-hybridized carbons (Fsp3) is 0.538. The Balaban J connectivity index is 2.08. The summed E-state index contributed by atoms with van der Waals surface area (Å²) in [7, 11) is -8.74. The van der Waals surface area contributed by atoms with Crippen LogP contribution in [0.15, 0.2) is 23.1 Å². The summed E-state index contributed by atoms with van der Waals surface area (Å²) in [5.74, 6) is -1.11. The van der Waals surface area contributed by atoms with Crippen molar-refractivity contribution in [3.05, 3.63) is 24.0 Å². The van der Waals surface area contributed by atoms with E-state index >= 15 is 0 Å². The highest BCUT2D eigenvalue weighted by atomic mass is 32.2. The molecule has 0 amide bonds. The highest BCUT2D eigenvalue weighted by molar-refractivity contribution is 7.92. The van der Waals surface area contributed by atoms with E-state index in [2.05, 4.69) is 5.32 Å². The molecule has 0 radical (unpaired) electrons. The van der Waals surface area contributed by atoms with Crippen LogP contribution in [0.3, 0.4) is 0 Å². The van der Waals surface area contributed by atoms with Gasteiger partial charge in [0.05, 0.1) is 17.2 Å². The van der Waals surface area contributed by atoms with Crippen LogP contribution in [0, 0.1) is 5.82 Å². The predicted molar refractivity (Wildman–Crippen MR) is 83.2 cm³/mol. The Labute approximate surface area is 142 Å². The van der Waals surface area contributed by atoms with Crippen LogP contribution in [0.1, 0.15) is 0 Å². The van der Waals surface area contributed by atoms with Gasteiger partial charge in [-0.3, -0.25) is 4.90 Å². The van der Waals surface area contributed by atoms with Gasteiger partial charge >= 0.3 is 5.51 Å². The summed E-state index contributed by atoms with van der Waals surface area (Å²) in [6.07, 6.45) is 0. The van der Waals surface area contributed by atoms with Crippen LogP contribution in [-0.4, -0.2) is 64.9 Å². The van der Waals surface area contributed by atoms with Crippen LogP contribution in [0.2, 0.25) is 0 Å². The topological polar surface area (TPSA) is 83.6 Å². The van der Waals surface area contributed by atoms with Gasteiger partial charge < -0.3 is 5.32 Å². The zero-order valence-corrected chi connectivity index (χ0v) is 14.5. The molecule has 1 heterocycles. The molecule has 1 saturated heterocycles. The van der Waals surface area contributed by atoms with Crippen molar-refractivity contribution in [2.24, 2.45) is 0 Å². The number of nitrogens with zero attached hydrogens (tertiary/aromatic N) is 1. The molecule has 142 valence electrons. The maximum absolute atomic E-state index is 13.2. The smallest absolute Gasteiger partial charge is 0.383 e. The zero-order chi connectivity index (χ0) is 18.9. The lowest BCUT2D eigenvalue weighted by Gasteiger charge is -2.26. The lowest BCUT2D eigenvalue weighted by atomic mass is 10.3. The number of benzene rings is 1. The van der Waals surface area contributed by atoms with E-state index in [1.807, 2.05) is 0 Å². The predicted octanol–water partition coefficient (Wildman–Crippen LogP) is 1.26. The van der Waals surface area contributed by atoms with Crippen molar-refractivity contribution in [2.45, 2.75) is 10.4 Å². The number of sulfone groups is 2. The second-order valence-electron chi connectivity index (χ2n) is 5.51. The third-order valence-corrected chi connectivity index (χ3v) is 6.85. The Hall–Kier alpha value is -1.40. The maximum Gasteiger partial charge on any atom is 0.501 e. The van der Waals surface area contributed by atoms with Crippen molar-refractivity contribution in [3.8, 4) is 0 Å². The molecule has 0 aromatic heterocycles. The summed E-state index contributed by atoms with van der Waals surface area (Å²) >= 11 is 0. The molecule has 1 N–H and O–H groups in total. The minimum atomic E-state index is -5.70. The van der Waals surface area contributed by atoms with E-state index in [1.165, 1.54) is 0 Å². The number of hydrogen-bond donors (Lipinski definition) is 1. The lowest BCUT2D eigenvalue weighted by molar-refractivity contribution is -0.0435. The number of alkyl halides is 3. The van der Waals surface area contributed by atoms with Crippen molar-refractivity contribution in [3.63, 3.8) is 0 Å². The van der Waals surface area contributed by atoms with Gasteiger partial charge in [0.25, 0.3) is 9.84 Å². The van der Waals surface area contributed by atoms with Crippen molar-refractivity contribution in [2.75, 3.05) is 43.0 Å². The second-order valence-corrected chi connectivity index (χ2v) is 9.72. The van der Waals surface area contributed by atoms with E-state index in [0.717, 1.165) is 12.1 Å². The number of rotatable bonds is 5. The zero-order valence-electron chi connectivity index (χ0n) is 12.9. The molecule has 1 aromatic rings. The van der Waals surface area contributed by atoms with E-state index in [-0.39, 0.29) is 23.7 Å². The molecular weight excluding hydrogens is 388 g/mol. The Kier molecular flexibility index (Phi) is 5.64. The molecular formula is C13H16F4N2O4S2. The first-order valence-corrected chi connectivity index (χ1v) is 10.5. The van der Waals surface area contributed by atoms with Crippen molar-refractivity contribution < 1.29 is 34.4 Å². The van der Waals surface area contributed by atoms with Gasteiger partial charge in [0.2, 0.25) is 0 Å². The maximum atomic E-state index is 13.2. The lowest BCUT2D eigenvalue weighted by Crippen LogP contribution is -2.42. The highest BCUT2D eigenvalue weighted by Gasteiger charge is 2.48. The molecule has 1 fully saturated rings. The standard InChI is InChI=1S/C13H16F4N2O4S2/c14-10-1-2-11(12(9-10)25(22,23)13(15,16)17)18-3-4-19-5-7-24(20,21)8-6-19/h1-2,9,18H,3-8H2. The van der Waals surface area contributed by atoms with E-state index in [0.29, 0.717) is 25.7 Å². The summed E-state index contributed by atoms with van der Waals surface area (Å²) in [6.45, 7) is 0.965. The molecule has 0 atom stereocenters. The number of nitrogens with one attached hydrogen (secondary N) is 1. The van der Waals surface area contributed by atoms with Crippen molar-refractivity contribution in [1.29, 1.82) is 0 Å². The third-order valence-electron chi connectivity index (χ3n) is 3.72. The third kappa shape index (κ3) is 4.82. The summed E-state index contributed by atoms with van der Waals surface area (Å²) in [5.41, 5.74) is -5.90. The summed E-state index contributed by atoms with van der Waals surface area (Å²) in [6, 6.07) is 2.10. The summed E-state index contributed by atoms with van der Waals surface area (Å²) in [4.78, 5) is 0.608. The minimum Gasteiger partial charge on any atom is -0.383 e. The van der Waals surface area contributed by atoms with E-state index < -0.39 is 35.9 Å². The van der Waals surface area contributed by atoms with Crippen LogP contribution in [0.5, 0.6) is 0 Å². The quantitative estimate of drug-likeness (QED) is 0.744. The van der Waals surface area contributed by atoms with Crippen LogP contribution < -0.4 is 5.32 Å². The Bertz CT molecular complexity index is 824. The molecule has 0 aliphatic carbocycles. The molecule has 1 aromatic carbocycles. The first-order chi connectivity index (χ1) is 11.4. The molecule has 6 nitrogen and oxygen atoms in total. The van der Waals surface area contributed by atoms with Gasteiger partial charge in [0, 0.05) is 26.2 Å². The molecule has 0 unspecified atom stereocenters. The van der Waals surface area contributed by atoms with Gasteiger partial charge in [-0.25, -0.2) is 21.2 Å². The summed E-state index contributed by atoms with van der Waals surface area (Å²) in [5, 5.41) is 2.55. The van der Waals surface area contributed by atoms with E-state index in [4.69, 9.17) is 0 Å². The second kappa shape index (κ2) is 7.08. The van der Waals surface area contributed by atoms with Crippen molar-refractivity contribution in [1.82, 2.24) is 4.90 Å². The molecule has 0 saturated carbocycles.